The smallest absolute Gasteiger partial charge is 0.257 e. The number of anilines is 1. The third-order valence-electron chi connectivity index (χ3n) is 6.66. The number of carbonyl (C=O) groups excluding carboxylic acids is 1. The molecule has 3 aromatic rings. The lowest BCUT2D eigenvalue weighted by atomic mass is 9.95. The van der Waals surface area contributed by atoms with Crippen molar-refractivity contribution >= 4 is 41.0 Å². The van der Waals surface area contributed by atoms with Crippen molar-refractivity contribution in [1.29, 1.82) is 0 Å². The van der Waals surface area contributed by atoms with Gasteiger partial charge in [-0.15, -0.1) is 11.3 Å². The summed E-state index contributed by atoms with van der Waals surface area (Å²) < 4.78 is 12.8. The molecule has 2 unspecified atom stereocenters. The van der Waals surface area contributed by atoms with Crippen molar-refractivity contribution in [2.75, 3.05) is 26.6 Å². The van der Waals surface area contributed by atoms with Crippen LogP contribution in [0.25, 0.3) is 0 Å². The lowest BCUT2D eigenvalue weighted by Gasteiger charge is -2.40. The van der Waals surface area contributed by atoms with Crippen molar-refractivity contribution in [3.63, 3.8) is 0 Å². The zero-order valence-electron chi connectivity index (χ0n) is 21.4. The van der Waals surface area contributed by atoms with E-state index in [0.717, 1.165) is 27.9 Å². The normalized spacial score (nSPS) is 21.2. The van der Waals surface area contributed by atoms with E-state index in [1.54, 1.807) is 49.6 Å². The minimum atomic E-state index is -0.556. The van der Waals surface area contributed by atoms with Crippen LogP contribution < -0.4 is 20.1 Å². The van der Waals surface area contributed by atoms with E-state index in [1.807, 2.05) is 53.1 Å². The molecule has 10 heteroatoms. The zero-order chi connectivity index (χ0) is 26.0. The predicted molar refractivity (Wildman–Crippen MR) is 150 cm³/mol. The molecule has 8 nitrogen and oxygen atoms in total. The molecule has 2 N–H and O–H groups in total. The SMILES string of the molecule is COc1ccc(CNc2csc(C3(C)N=C(NC(=O)c4ccccc4)N(C)SC3C3CC3)n2)c(OC)c1. The van der Waals surface area contributed by atoms with Gasteiger partial charge in [0.1, 0.15) is 27.9 Å². The summed E-state index contributed by atoms with van der Waals surface area (Å²) in [5.74, 6) is 3.26. The van der Waals surface area contributed by atoms with Crippen LogP contribution in [0.3, 0.4) is 0 Å². The molecule has 2 aliphatic rings. The van der Waals surface area contributed by atoms with Crippen molar-refractivity contribution in [2.24, 2.45) is 10.9 Å². The van der Waals surface area contributed by atoms with E-state index in [4.69, 9.17) is 19.5 Å². The Kier molecular flexibility index (Phi) is 7.30. The Morgan fingerprint density at radius 1 is 1.16 bits per heavy atom. The van der Waals surface area contributed by atoms with Crippen LogP contribution in [-0.2, 0) is 12.1 Å². The Labute approximate surface area is 225 Å². The lowest BCUT2D eigenvalue weighted by Crippen LogP contribution is -2.49. The molecule has 1 saturated carbocycles. The van der Waals surface area contributed by atoms with Crippen LogP contribution in [0.4, 0.5) is 5.82 Å². The van der Waals surface area contributed by atoms with Crippen molar-refractivity contribution in [3.8, 4) is 11.5 Å². The Morgan fingerprint density at radius 3 is 2.65 bits per heavy atom. The van der Waals surface area contributed by atoms with Gasteiger partial charge in [-0.25, -0.2) is 9.98 Å². The quantitative estimate of drug-likeness (QED) is 0.385. The third kappa shape index (κ3) is 5.40. The number of aliphatic imine (C=N–C) groups is 1. The van der Waals surface area contributed by atoms with Gasteiger partial charge in [-0.2, -0.15) is 0 Å². The molecular formula is C27H31N5O3S2. The van der Waals surface area contributed by atoms with E-state index in [-0.39, 0.29) is 11.2 Å². The van der Waals surface area contributed by atoms with Crippen molar-refractivity contribution in [3.05, 3.63) is 70.0 Å². The zero-order valence-corrected chi connectivity index (χ0v) is 23.0. The third-order valence-corrected chi connectivity index (χ3v) is 9.29. The Balaban J connectivity index is 1.37. The van der Waals surface area contributed by atoms with E-state index in [0.29, 0.717) is 24.0 Å². The first-order valence-corrected chi connectivity index (χ1v) is 13.9. The summed E-state index contributed by atoms with van der Waals surface area (Å²) in [5.41, 5.74) is 1.06. The number of methoxy groups -OCH3 is 2. The number of nitrogens with one attached hydrogen (secondary N) is 2. The maximum absolute atomic E-state index is 12.9. The van der Waals surface area contributed by atoms with Crippen LogP contribution >= 0.6 is 23.3 Å². The molecule has 5 rings (SSSR count). The van der Waals surface area contributed by atoms with E-state index < -0.39 is 5.54 Å². The van der Waals surface area contributed by atoms with E-state index in [9.17, 15) is 4.79 Å². The molecule has 1 aliphatic carbocycles. The summed E-state index contributed by atoms with van der Waals surface area (Å²) >= 11 is 3.33. The highest BCUT2D eigenvalue weighted by molar-refractivity contribution is 7.98. The van der Waals surface area contributed by atoms with E-state index in [2.05, 4.69) is 17.6 Å². The molecule has 0 bridgehead atoms. The van der Waals surface area contributed by atoms with Crippen LogP contribution in [0.2, 0.25) is 0 Å². The number of hydrogen-bond donors (Lipinski definition) is 2. The molecule has 2 atom stereocenters. The molecule has 2 aromatic carbocycles. The summed E-state index contributed by atoms with van der Waals surface area (Å²) in [5, 5.41) is 9.65. The fraction of sp³-hybridized carbons (Fsp3) is 0.370. The molecule has 0 radical (unpaired) electrons. The Bertz CT molecular complexity index is 1290. The second kappa shape index (κ2) is 10.6. The first-order chi connectivity index (χ1) is 17.9. The second-order valence-electron chi connectivity index (χ2n) is 9.33. The molecule has 37 heavy (non-hydrogen) atoms. The van der Waals surface area contributed by atoms with Gasteiger partial charge < -0.3 is 14.8 Å². The summed E-state index contributed by atoms with van der Waals surface area (Å²) in [6, 6.07) is 15.0. The second-order valence-corrected chi connectivity index (χ2v) is 11.5. The van der Waals surface area contributed by atoms with Gasteiger partial charge in [0, 0.05) is 36.2 Å². The fourth-order valence-electron chi connectivity index (χ4n) is 4.43. The maximum atomic E-state index is 12.9. The minimum absolute atomic E-state index is 0.172. The molecular weight excluding hydrogens is 506 g/mol. The monoisotopic (exact) mass is 537 g/mol. The molecule has 194 valence electrons. The molecule has 2 heterocycles. The maximum Gasteiger partial charge on any atom is 0.257 e. The van der Waals surface area contributed by atoms with Gasteiger partial charge in [0.15, 0.2) is 0 Å². The van der Waals surface area contributed by atoms with Crippen molar-refractivity contribution < 1.29 is 14.3 Å². The van der Waals surface area contributed by atoms with Gasteiger partial charge in [-0.05, 0) is 61.9 Å². The molecule has 1 fully saturated rings. The highest BCUT2D eigenvalue weighted by atomic mass is 32.2. The summed E-state index contributed by atoms with van der Waals surface area (Å²) in [6.07, 6.45) is 2.38. The van der Waals surface area contributed by atoms with Gasteiger partial charge in [-0.3, -0.25) is 14.4 Å². The standard InChI is InChI=1S/C27H31N5O3S2/c1-27(25-29-22(16-36-25)28-15-19-12-13-20(34-3)14-21(19)35-4)23(17-10-11-17)37-32(2)26(31-27)30-24(33)18-8-6-5-7-9-18/h5-9,12-14,16-17,23,28H,10-11,15H2,1-4H3,(H,30,31,33). The Hall–Kier alpha value is -3.24. The lowest BCUT2D eigenvalue weighted by molar-refractivity contribution is 0.0974. The molecule has 1 amide bonds. The minimum Gasteiger partial charge on any atom is -0.497 e. The largest absolute Gasteiger partial charge is 0.497 e. The molecule has 0 saturated heterocycles. The fourth-order valence-corrected chi connectivity index (χ4v) is 6.77. The number of benzene rings is 2. The first-order valence-electron chi connectivity index (χ1n) is 12.2. The van der Waals surface area contributed by atoms with Crippen LogP contribution in [0.1, 0.15) is 40.7 Å². The predicted octanol–water partition coefficient (Wildman–Crippen LogP) is 5.15. The van der Waals surface area contributed by atoms with Crippen LogP contribution in [-0.4, -0.2) is 47.7 Å². The Morgan fingerprint density at radius 2 is 1.95 bits per heavy atom. The summed E-state index contributed by atoms with van der Waals surface area (Å²) in [7, 11) is 5.25. The molecule has 1 aliphatic heterocycles. The van der Waals surface area contributed by atoms with Crippen LogP contribution in [0.15, 0.2) is 58.9 Å². The highest BCUT2D eigenvalue weighted by Crippen LogP contribution is 2.52. The summed E-state index contributed by atoms with van der Waals surface area (Å²) in [6.45, 7) is 2.71. The van der Waals surface area contributed by atoms with Gasteiger partial charge in [0.2, 0.25) is 5.96 Å². The highest BCUT2D eigenvalue weighted by Gasteiger charge is 2.51. The number of ether oxygens (including phenoxy) is 2. The van der Waals surface area contributed by atoms with Crippen LogP contribution in [0.5, 0.6) is 11.5 Å². The van der Waals surface area contributed by atoms with Gasteiger partial charge >= 0.3 is 0 Å². The van der Waals surface area contributed by atoms with Crippen LogP contribution in [0, 0.1) is 5.92 Å². The van der Waals surface area contributed by atoms with Gasteiger partial charge in [0.25, 0.3) is 5.91 Å². The average Bonchev–Trinajstić information content (AvgIpc) is 3.65. The van der Waals surface area contributed by atoms with E-state index >= 15 is 0 Å². The number of amides is 1. The van der Waals surface area contributed by atoms with Gasteiger partial charge in [0.05, 0.1) is 19.5 Å². The molecule has 1 aromatic heterocycles. The van der Waals surface area contributed by atoms with Gasteiger partial charge in [-0.1, -0.05) is 18.2 Å². The van der Waals surface area contributed by atoms with Crippen molar-refractivity contribution in [2.45, 2.75) is 37.1 Å². The number of rotatable bonds is 8. The van der Waals surface area contributed by atoms with Crippen molar-refractivity contribution in [1.82, 2.24) is 14.6 Å². The number of hydrogen-bond acceptors (Lipinski definition) is 9. The number of carbonyl (C=O) groups is 1. The number of nitrogens with zero attached hydrogens (tertiary/aromatic N) is 3. The average molecular weight is 538 g/mol. The number of guanidine groups is 1. The molecule has 0 spiro atoms. The topological polar surface area (TPSA) is 88.1 Å². The number of thiazole rings is 1. The number of aromatic nitrogens is 1. The van der Waals surface area contributed by atoms with E-state index in [1.165, 1.54) is 12.8 Å². The summed E-state index contributed by atoms with van der Waals surface area (Å²) in [4.78, 5) is 23.0. The first kappa shape index (κ1) is 25.4.